The molecule has 0 saturated heterocycles. The number of Topliss-reactive ketones (excluding diaryl/α,β-unsaturated/α-hetero) is 1. The molecule has 1 aromatic rings. The van der Waals surface area contributed by atoms with Gasteiger partial charge in [0, 0.05) is 6.42 Å². The lowest BCUT2D eigenvalue weighted by molar-refractivity contribution is -0.133. The number of halogens is 3. The number of ether oxygens (including phenoxy) is 2. The van der Waals surface area contributed by atoms with E-state index >= 15 is 0 Å². The van der Waals surface area contributed by atoms with Crippen LogP contribution in [0.2, 0.25) is 0 Å². The average molecular weight is 262 g/mol. The van der Waals surface area contributed by atoms with Crippen LogP contribution in [0.5, 0.6) is 11.5 Å². The maximum Gasteiger partial charge on any atom is 0.389 e. The Balaban J connectivity index is 2.96. The highest BCUT2D eigenvalue weighted by Gasteiger charge is 2.29. The van der Waals surface area contributed by atoms with Gasteiger partial charge in [-0.3, -0.25) is 4.79 Å². The molecule has 0 radical (unpaired) electrons. The van der Waals surface area contributed by atoms with E-state index in [9.17, 15) is 18.0 Å². The highest BCUT2D eigenvalue weighted by Crippen LogP contribution is 2.31. The van der Waals surface area contributed by atoms with Crippen LogP contribution in [0.15, 0.2) is 18.2 Å². The Morgan fingerprint density at radius 2 is 1.67 bits per heavy atom. The first kappa shape index (κ1) is 14.3. The molecule has 0 spiro atoms. The Hall–Kier alpha value is -1.72. The van der Waals surface area contributed by atoms with Crippen molar-refractivity contribution in [3.63, 3.8) is 0 Å². The van der Waals surface area contributed by atoms with Crippen molar-refractivity contribution < 1.29 is 27.4 Å². The average Bonchev–Trinajstić information content (AvgIpc) is 2.33. The van der Waals surface area contributed by atoms with Gasteiger partial charge in [-0.05, 0) is 12.1 Å². The summed E-state index contributed by atoms with van der Waals surface area (Å²) in [5, 5.41) is 0. The minimum atomic E-state index is -4.36. The molecule has 6 heteroatoms. The number of ketones is 1. The van der Waals surface area contributed by atoms with Crippen LogP contribution in [0.3, 0.4) is 0 Å². The topological polar surface area (TPSA) is 35.5 Å². The number of hydrogen-bond acceptors (Lipinski definition) is 3. The van der Waals surface area contributed by atoms with Gasteiger partial charge in [-0.2, -0.15) is 13.2 Å². The smallest absolute Gasteiger partial charge is 0.389 e. The zero-order chi connectivity index (χ0) is 13.8. The van der Waals surface area contributed by atoms with Gasteiger partial charge in [0.15, 0.2) is 5.78 Å². The standard InChI is InChI=1S/C12H13F3O3/c1-17-9-4-3-5-10(18-2)11(9)8(16)6-7-12(13,14)15/h3-5H,6-7H2,1-2H3. The summed E-state index contributed by atoms with van der Waals surface area (Å²) < 4.78 is 46.2. The number of methoxy groups -OCH3 is 2. The molecular formula is C12H13F3O3. The molecule has 0 heterocycles. The fourth-order valence-corrected chi connectivity index (χ4v) is 1.51. The van der Waals surface area contributed by atoms with Crippen molar-refractivity contribution in [1.82, 2.24) is 0 Å². The molecule has 0 aliphatic carbocycles. The second-order valence-corrected chi connectivity index (χ2v) is 3.58. The van der Waals surface area contributed by atoms with E-state index in [1.807, 2.05) is 0 Å². The Labute approximate surface area is 103 Å². The first-order valence-corrected chi connectivity index (χ1v) is 5.20. The summed E-state index contributed by atoms with van der Waals surface area (Å²) in [4.78, 5) is 11.8. The summed E-state index contributed by atoms with van der Waals surface area (Å²) in [6, 6.07) is 4.60. The van der Waals surface area contributed by atoms with Crippen LogP contribution in [0, 0.1) is 0 Å². The van der Waals surface area contributed by atoms with Crippen molar-refractivity contribution >= 4 is 5.78 Å². The van der Waals surface area contributed by atoms with E-state index in [1.54, 1.807) is 6.07 Å². The number of carbonyl (C=O) groups is 1. The van der Waals surface area contributed by atoms with Crippen molar-refractivity contribution in [2.75, 3.05) is 14.2 Å². The van der Waals surface area contributed by atoms with E-state index in [0.29, 0.717) is 0 Å². The van der Waals surface area contributed by atoms with E-state index in [2.05, 4.69) is 0 Å². The maximum atomic E-state index is 12.1. The van der Waals surface area contributed by atoms with E-state index in [0.717, 1.165) is 0 Å². The third-order valence-electron chi connectivity index (χ3n) is 2.34. The second kappa shape index (κ2) is 5.75. The monoisotopic (exact) mass is 262 g/mol. The number of carbonyl (C=O) groups excluding carboxylic acids is 1. The van der Waals surface area contributed by atoms with Crippen molar-refractivity contribution in [2.45, 2.75) is 19.0 Å². The minimum absolute atomic E-state index is 0.0479. The Morgan fingerprint density at radius 3 is 2.06 bits per heavy atom. The molecule has 0 unspecified atom stereocenters. The largest absolute Gasteiger partial charge is 0.496 e. The fraction of sp³-hybridized carbons (Fsp3) is 0.417. The van der Waals surface area contributed by atoms with E-state index in [-0.39, 0.29) is 17.1 Å². The normalized spacial score (nSPS) is 11.2. The molecule has 0 saturated carbocycles. The molecule has 0 N–H and O–H groups in total. The summed E-state index contributed by atoms with van der Waals surface area (Å²) in [7, 11) is 2.69. The molecule has 3 nitrogen and oxygen atoms in total. The molecule has 0 aliphatic rings. The van der Waals surface area contributed by atoms with Crippen LogP contribution in [0.1, 0.15) is 23.2 Å². The predicted molar refractivity (Wildman–Crippen MR) is 59.2 cm³/mol. The highest BCUT2D eigenvalue weighted by molar-refractivity contribution is 6.01. The predicted octanol–water partition coefficient (Wildman–Crippen LogP) is 3.23. The minimum Gasteiger partial charge on any atom is -0.496 e. The lowest BCUT2D eigenvalue weighted by Gasteiger charge is -2.12. The summed E-state index contributed by atoms with van der Waals surface area (Å²) in [5.74, 6) is -0.232. The summed E-state index contributed by atoms with van der Waals surface area (Å²) in [6.45, 7) is 0. The van der Waals surface area contributed by atoms with Gasteiger partial charge in [0.25, 0.3) is 0 Å². The summed E-state index contributed by atoms with van der Waals surface area (Å²) in [5.41, 5.74) is 0.0479. The molecule has 0 amide bonds. The molecule has 0 fully saturated rings. The van der Waals surface area contributed by atoms with Crippen LogP contribution in [-0.4, -0.2) is 26.2 Å². The third kappa shape index (κ3) is 3.65. The molecule has 100 valence electrons. The molecule has 0 aromatic heterocycles. The van der Waals surface area contributed by atoms with Gasteiger partial charge in [0.2, 0.25) is 0 Å². The van der Waals surface area contributed by atoms with Crippen LogP contribution in [0.25, 0.3) is 0 Å². The fourth-order valence-electron chi connectivity index (χ4n) is 1.51. The van der Waals surface area contributed by atoms with E-state index < -0.39 is 24.8 Å². The zero-order valence-electron chi connectivity index (χ0n) is 10.0. The number of hydrogen-bond donors (Lipinski definition) is 0. The van der Waals surface area contributed by atoms with Crippen molar-refractivity contribution in [3.05, 3.63) is 23.8 Å². The van der Waals surface area contributed by atoms with Gasteiger partial charge in [0.1, 0.15) is 17.1 Å². The van der Waals surface area contributed by atoms with Gasteiger partial charge in [-0.25, -0.2) is 0 Å². The Morgan fingerprint density at radius 1 is 1.17 bits per heavy atom. The highest BCUT2D eigenvalue weighted by atomic mass is 19.4. The number of alkyl halides is 3. The van der Waals surface area contributed by atoms with Gasteiger partial charge >= 0.3 is 6.18 Å². The summed E-state index contributed by atoms with van der Waals surface area (Å²) >= 11 is 0. The van der Waals surface area contributed by atoms with Crippen LogP contribution < -0.4 is 9.47 Å². The zero-order valence-corrected chi connectivity index (χ0v) is 10.0. The van der Waals surface area contributed by atoms with Gasteiger partial charge in [0.05, 0.1) is 20.6 Å². The van der Waals surface area contributed by atoms with Gasteiger partial charge < -0.3 is 9.47 Å². The second-order valence-electron chi connectivity index (χ2n) is 3.58. The molecule has 1 rings (SSSR count). The van der Waals surface area contributed by atoms with Gasteiger partial charge in [-0.15, -0.1) is 0 Å². The number of rotatable bonds is 5. The summed E-state index contributed by atoms with van der Waals surface area (Å²) in [6.07, 6.45) is -6.14. The lowest BCUT2D eigenvalue weighted by Crippen LogP contribution is -2.12. The molecular weight excluding hydrogens is 249 g/mol. The first-order chi connectivity index (χ1) is 8.39. The van der Waals surface area contributed by atoms with E-state index in [4.69, 9.17) is 9.47 Å². The molecule has 0 aliphatic heterocycles. The first-order valence-electron chi connectivity index (χ1n) is 5.20. The SMILES string of the molecule is COc1cccc(OC)c1C(=O)CCC(F)(F)F. The molecule has 18 heavy (non-hydrogen) atoms. The van der Waals surface area contributed by atoms with E-state index in [1.165, 1.54) is 26.4 Å². The quantitative estimate of drug-likeness (QED) is 0.764. The van der Waals surface area contributed by atoms with Crippen molar-refractivity contribution in [2.24, 2.45) is 0 Å². The van der Waals surface area contributed by atoms with Crippen LogP contribution >= 0.6 is 0 Å². The lowest BCUT2D eigenvalue weighted by atomic mass is 10.0. The maximum absolute atomic E-state index is 12.1. The van der Waals surface area contributed by atoms with Crippen molar-refractivity contribution in [1.29, 1.82) is 0 Å². The van der Waals surface area contributed by atoms with Crippen LogP contribution in [0.4, 0.5) is 13.2 Å². The van der Waals surface area contributed by atoms with Crippen LogP contribution in [-0.2, 0) is 0 Å². The molecule has 1 aromatic carbocycles. The molecule has 0 bridgehead atoms. The Kier molecular flexibility index (Phi) is 4.58. The van der Waals surface area contributed by atoms with Crippen molar-refractivity contribution in [3.8, 4) is 11.5 Å². The molecule has 0 atom stereocenters. The Bertz CT molecular complexity index is 405. The number of benzene rings is 1. The van der Waals surface area contributed by atoms with Gasteiger partial charge in [-0.1, -0.05) is 6.07 Å². The third-order valence-corrected chi connectivity index (χ3v) is 2.34.